The molecule has 0 heterocycles. The number of aromatic carboxylic acids is 1. The summed E-state index contributed by atoms with van der Waals surface area (Å²) in [6, 6.07) is 6.80. The molecule has 0 fully saturated rings. The van der Waals surface area contributed by atoms with Gasteiger partial charge in [0.05, 0.1) is 15.6 Å². The molecular weight excluding hydrogens is 356 g/mol. The maximum absolute atomic E-state index is 13.9. The Hall–Kier alpha value is -1.89. The highest BCUT2D eigenvalue weighted by Crippen LogP contribution is 2.36. The van der Waals surface area contributed by atoms with Gasteiger partial charge in [-0.1, -0.05) is 18.2 Å². The molecule has 0 bridgehead atoms. The Balaban J connectivity index is 2.68. The molecule has 0 atom stereocenters. The second-order valence-electron chi connectivity index (χ2n) is 4.16. The summed E-state index contributed by atoms with van der Waals surface area (Å²) in [5, 5.41) is 8.81. The fraction of sp³-hybridized carbons (Fsp3) is 0.0714. The van der Waals surface area contributed by atoms with Crippen LogP contribution < -0.4 is 0 Å². The van der Waals surface area contributed by atoms with Crippen LogP contribution in [-0.2, 0) is 6.18 Å². The van der Waals surface area contributed by atoms with Crippen molar-refractivity contribution in [3.05, 3.63) is 57.8 Å². The van der Waals surface area contributed by atoms with Gasteiger partial charge in [0.15, 0.2) is 0 Å². The van der Waals surface area contributed by atoms with Crippen molar-refractivity contribution in [3.63, 3.8) is 0 Å². The van der Waals surface area contributed by atoms with Crippen LogP contribution >= 0.6 is 15.9 Å². The SMILES string of the molecule is O=C(O)c1ccc(-c2cccc(Br)c2F)cc1C(F)(F)F. The number of benzene rings is 2. The molecule has 110 valence electrons. The van der Waals surface area contributed by atoms with E-state index < -0.39 is 29.1 Å². The standard InChI is InChI=1S/C14H7BrF4O2/c15-11-3-1-2-8(12(11)16)7-4-5-9(13(20)21)10(6-7)14(17,18)19/h1-6H,(H,20,21). The van der Waals surface area contributed by atoms with Crippen molar-refractivity contribution in [3.8, 4) is 11.1 Å². The van der Waals surface area contributed by atoms with Crippen molar-refractivity contribution in [1.29, 1.82) is 0 Å². The summed E-state index contributed by atoms with van der Waals surface area (Å²) in [5.74, 6) is -2.41. The highest BCUT2D eigenvalue weighted by atomic mass is 79.9. The fourth-order valence-corrected chi connectivity index (χ4v) is 2.23. The lowest BCUT2D eigenvalue weighted by Gasteiger charge is -2.13. The van der Waals surface area contributed by atoms with Gasteiger partial charge in [-0.3, -0.25) is 0 Å². The molecule has 2 rings (SSSR count). The van der Waals surface area contributed by atoms with Crippen molar-refractivity contribution in [2.45, 2.75) is 6.18 Å². The molecule has 0 aliphatic heterocycles. The summed E-state index contributed by atoms with van der Waals surface area (Å²) in [7, 11) is 0. The largest absolute Gasteiger partial charge is 0.478 e. The Morgan fingerprint density at radius 3 is 2.38 bits per heavy atom. The van der Waals surface area contributed by atoms with Gasteiger partial charge in [-0.15, -0.1) is 0 Å². The van der Waals surface area contributed by atoms with Crippen LogP contribution in [0.4, 0.5) is 17.6 Å². The number of carbonyl (C=O) groups is 1. The van der Waals surface area contributed by atoms with Gasteiger partial charge in [0, 0.05) is 5.56 Å². The minimum absolute atomic E-state index is 0.0492. The molecule has 2 aromatic carbocycles. The smallest absolute Gasteiger partial charge is 0.417 e. The predicted molar refractivity (Wildman–Crippen MR) is 71.5 cm³/mol. The monoisotopic (exact) mass is 362 g/mol. The lowest BCUT2D eigenvalue weighted by atomic mass is 9.98. The first-order valence-electron chi connectivity index (χ1n) is 5.60. The topological polar surface area (TPSA) is 37.3 Å². The molecule has 0 aliphatic rings. The Kier molecular flexibility index (Phi) is 4.04. The molecule has 1 N–H and O–H groups in total. The molecule has 0 saturated heterocycles. The van der Waals surface area contributed by atoms with Gasteiger partial charge in [0.25, 0.3) is 0 Å². The van der Waals surface area contributed by atoms with Gasteiger partial charge in [0.2, 0.25) is 0 Å². The van der Waals surface area contributed by atoms with Gasteiger partial charge in [-0.25, -0.2) is 9.18 Å². The molecule has 0 aliphatic carbocycles. The highest BCUT2D eigenvalue weighted by molar-refractivity contribution is 9.10. The van der Waals surface area contributed by atoms with E-state index in [9.17, 15) is 22.4 Å². The van der Waals surface area contributed by atoms with Crippen LogP contribution in [0, 0.1) is 5.82 Å². The molecule has 0 aromatic heterocycles. The summed E-state index contributed by atoms with van der Waals surface area (Å²) >= 11 is 2.95. The first-order chi connectivity index (χ1) is 9.71. The van der Waals surface area contributed by atoms with Crippen molar-refractivity contribution < 1.29 is 27.5 Å². The van der Waals surface area contributed by atoms with Gasteiger partial charge >= 0.3 is 12.1 Å². The summed E-state index contributed by atoms with van der Waals surface area (Å²) in [5.41, 5.74) is -2.29. The molecule has 2 aromatic rings. The molecule has 0 unspecified atom stereocenters. The van der Waals surface area contributed by atoms with E-state index in [0.717, 1.165) is 12.1 Å². The molecular formula is C14H7BrF4O2. The van der Waals surface area contributed by atoms with E-state index in [2.05, 4.69) is 15.9 Å². The van der Waals surface area contributed by atoms with E-state index in [4.69, 9.17) is 5.11 Å². The summed E-state index contributed by atoms with van der Waals surface area (Å²) < 4.78 is 52.8. The average Bonchev–Trinajstić information content (AvgIpc) is 2.40. The number of carboxylic acids is 1. The Morgan fingerprint density at radius 2 is 1.81 bits per heavy atom. The van der Waals surface area contributed by atoms with Crippen LogP contribution in [0.15, 0.2) is 40.9 Å². The number of carboxylic acid groups (broad SMARTS) is 1. The Labute approximate surface area is 125 Å². The normalized spacial score (nSPS) is 11.5. The third-order valence-electron chi connectivity index (χ3n) is 2.82. The molecule has 7 heteroatoms. The molecule has 0 saturated carbocycles. The third kappa shape index (κ3) is 3.07. The van der Waals surface area contributed by atoms with Crippen LogP contribution in [0.25, 0.3) is 11.1 Å². The van der Waals surface area contributed by atoms with Gasteiger partial charge in [0.1, 0.15) is 5.82 Å². The van der Waals surface area contributed by atoms with Crippen LogP contribution in [0.3, 0.4) is 0 Å². The van der Waals surface area contributed by atoms with E-state index in [1.54, 1.807) is 0 Å². The van der Waals surface area contributed by atoms with Crippen molar-refractivity contribution in [2.75, 3.05) is 0 Å². The molecule has 0 amide bonds. The first kappa shape index (κ1) is 15.5. The lowest BCUT2D eigenvalue weighted by molar-refractivity contribution is -0.138. The van der Waals surface area contributed by atoms with Crippen LogP contribution in [0.5, 0.6) is 0 Å². The lowest BCUT2D eigenvalue weighted by Crippen LogP contribution is -2.13. The second-order valence-corrected chi connectivity index (χ2v) is 5.02. The molecule has 0 spiro atoms. The minimum atomic E-state index is -4.84. The van der Waals surface area contributed by atoms with E-state index in [1.807, 2.05) is 0 Å². The number of alkyl halides is 3. The minimum Gasteiger partial charge on any atom is -0.478 e. The zero-order valence-electron chi connectivity index (χ0n) is 10.2. The molecule has 21 heavy (non-hydrogen) atoms. The molecule has 0 radical (unpaired) electrons. The number of hydrogen-bond donors (Lipinski definition) is 1. The summed E-state index contributed by atoms with van der Waals surface area (Å²) in [4.78, 5) is 10.9. The van der Waals surface area contributed by atoms with E-state index in [1.165, 1.54) is 18.2 Å². The van der Waals surface area contributed by atoms with Gasteiger partial charge in [-0.05, 0) is 39.7 Å². The fourth-order valence-electron chi connectivity index (χ4n) is 1.86. The summed E-state index contributed by atoms with van der Waals surface area (Å²) in [6.45, 7) is 0. The van der Waals surface area contributed by atoms with Crippen LogP contribution in [-0.4, -0.2) is 11.1 Å². The van der Waals surface area contributed by atoms with Crippen LogP contribution in [0.1, 0.15) is 15.9 Å². The Morgan fingerprint density at radius 1 is 1.14 bits per heavy atom. The van der Waals surface area contributed by atoms with Crippen molar-refractivity contribution in [2.24, 2.45) is 0 Å². The third-order valence-corrected chi connectivity index (χ3v) is 3.43. The first-order valence-corrected chi connectivity index (χ1v) is 6.40. The second kappa shape index (κ2) is 5.48. The predicted octanol–water partition coefficient (Wildman–Crippen LogP) is 4.97. The van der Waals surface area contributed by atoms with Gasteiger partial charge < -0.3 is 5.11 Å². The highest BCUT2D eigenvalue weighted by Gasteiger charge is 2.35. The number of rotatable bonds is 2. The van der Waals surface area contributed by atoms with Crippen molar-refractivity contribution in [1.82, 2.24) is 0 Å². The average molecular weight is 363 g/mol. The van der Waals surface area contributed by atoms with Crippen molar-refractivity contribution >= 4 is 21.9 Å². The van der Waals surface area contributed by atoms with E-state index >= 15 is 0 Å². The van der Waals surface area contributed by atoms with Crippen LogP contribution in [0.2, 0.25) is 0 Å². The number of halogens is 5. The maximum Gasteiger partial charge on any atom is 0.417 e. The molecule has 2 nitrogen and oxygen atoms in total. The zero-order chi connectivity index (χ0) is 15.8. The summed E-state index contributed by atoms with van der Waals surface area (Å²) in [6.07, 6.45) is -4.84. The Bertz CT molecular complexity index is 711. The maximum atomic E-state index is 13.9. The van der Waals surface area contributed by atoms with Gasteiger partial charge in [-0.2, -0.15) is 13.2 Å². The van der Waals surface area contributed by atoms with E-state index in [0.29, 0.717) is 6.07 Å². The number of hydrogen-bond acceptors (Lipinski definition) is 1. The zero-order valence-corrected chi connectivity index (χ0v) is 11.8. The van der Waals surface area contributed by atoms with E-state index in [-0.39, 0.29) is 15.6 Å². The quantitative estimate of drug-likeness (QED) is 0.765.